The van der Waals surface area contributed by atoms with Crippen LogP contribution in [-0.2, 0) is 11.2 Å². The molecule has 0 aromatic carbocycles. The lowest BCUT2D eigenvalue weighted by atomic mass is 10.2. The summed E-state index contributed by atoms with van der Waals surface area (Å²) in [5.74, 6) is -0.825. The van der Waals surface area contributed by atoms with Gasteiger partial charge in [-0.2, -0.15) is 0 Å². The van der Waals surface area contributed by atoms with Crippen molar-refractivity contribution in [3.8, 4) is 11.4 Å². The number of rotatable bonds is 4. The van der Waals surface area contributed by atoms with Crippen molar-refractivity contribution < 1.29 is 9.90 Å². The van der Waals surface area contributed by atoms with E-state index in [9.17, 15) is 4.79 Å². The van der Waals surface area contributed by atoms with Gasteiger partial charge in [-0.1, -0.05) is 6.07 Å². The van der Waals surface area contributed by atoms with Gasteiger partial charge in [-0.05, 0) is 12.1 Å². The minimum atomic E-state index is -0.825. The fourth-order valence-electron chi connectivity index (χ4n) is 1.95. The summed E-state index contributed by atoms with van der Waals surface area (Å²) < 4.78 is 1.78. The van der Waals surface area contributed by atoms with Crippen LogP contribution in [0.5, 0.6) is 0 Å². The van der Waals surface area contributed by atoms with Crippen molar-refractivity contribution in [2.45, 2.75) is 12.8 Å². The Balaban J connectivity index is 1.93. The number of fused-ring (bicyclic) bond motifs is 1. The molecule has 0 aliphatic carbocycles. The lowest BCUT2D eigenvalue weighted by molar-refractivity contribution is -0.136. The molecule has 0 aliphatic heterocycles. The third kappa shape index (κ3) is 2.49. The van der Waals surface area contributed by atoms with Gasteiger partial charge in [0.2, 0.25) is 0 Å². The average Bonchev–Trinajstić information content (AvgIpc) is 2.88. The quantitative estimate of drug-likeness (QED) is 0.780. The first-order chi connectivity index (χ1) is 9.72. The Kier molecular flexibility index (Phi) is 3.12. The van der Waals surface area contributed by atoms with Crippen LogP contribution in [0.4, 0.5) is 0 Å². The molecule has 3 heterocycles. The molecule has 6 heteroatoms. The fourth-order valence-corrected chi connectivity index (χ4v) is 1.95. The molecule has 0 spiro atoms. The summed E-state index contributed by atoms with van der Waals surface area (Å²) in [6.45, 7) is 0. The lowest BCUT2D eigenvalue weighted by Crippen LogP contribution is -1.97. The molecule has 3 aromatic rings. The Morgan fingerprint density at radius 3 is 2.90 bits per heavy atom. The Labute approximate surface area is 114 Å². The SMILES string of the molecule is O=C(O)CCc1cn2cnc(-c3ccccn3)cc2n1. The standard InChI is InChI=1S/C14H12N4O2/c19-14(20)5-4-10-8-18-9-16-12(7-13(18)17-10)11-3-1-2-6-15-11/h1-3,6-9H,4-5H2,(H,19,20). The molecule has 0 fully saturated rings. The summed E-state index contributed by atoms with van der Waals surface area (Å²) in [6, 6.07) is 7.47. The highest BCUT2D eigenvalue weighted by Gasteiger charge is 2.07. The van der Waals surface area contributed by atoms with Gasteiger partial charge in [-0.15, -0.1) is 0 Å². The van der Waals surface area contributed by atoms with Crippen LogP contribution in [0.15, 0.2) is 43.0 Å². The average molecular weight is 268 g/mol. The van der Waals surface area contributed by atoms with Crippen molar-refractivity contribution >= 4 is 11.6 Å². The van der Waals surface area contributed by atoms with Gasteiger partial charge in [-0.3, -0.25) is 14.2 Å². The number of hydrogen-bond donors (Lipinski definition) is 1. The van der Waals surface area contributed by atoms with E-state index in [1.54, 1.807) is 23.1 Å². The van der Waals surface area contributed by atoms with Gasteiger partial charge in [0.25, 0.3) is 0 Å². The van der Waals surface area contributed by atoms with E-state index in [1.165, 1.54) is 0 Å². The maximum absolute atomic E-state index is 10.6. The van der Waals surface area contributed by atoms with Crippen molar-refractivity contribution in [3.05, 3.63) is 48.7 Å². The third-order valence-electron chi connectivity index (χ3n) is 2.92. The molecule has 0 saturated heterocycles. The number of pyridine rings is 1. The molecular weight excluding hydrogens is 256 g/mol. The smallest absolute Gasteiger partial charge is 0.303 e. The van der Waals surface area contributed by atoms with Gasteiger partial charge < -0.3 is 5.11 Å². The van der Waals surface area contributed by atoms with E-state index in [-0.39, 0.29) is 6.42 Å². The largest absolute Gasteiger partial charge is 0.481 e. The summed E-state index contributed by atoms with van der Waals surface area (Å²) in [4.78, 5) is 23.5. The highest BCUT2D eigenvalue weighted by Crippen LogP contribution is 2.15. The summed E-state index contributed by atoms with van der Waals surface area (Å²) in [7, 11) is 0. The summed E-state index contributed by atoms with van der Waals surface area (Å²) in [5.41, 5.74) is 3.01. The molecule has 0 bridgehead atoms. The highest BCUT2D eigenvalue weighted by molar-refractivity contribution is 5.67. The molecular formula is C14H12N4O2. The van der Waals surface area contributed by atoms with Gasteiger partial charge >= 0.3 is 5.97 Å². The maximum atomic E-state index is 10.6. The van der Waals surface area contributed by atoms with Crippen LogP contribution in [-0.4, -0.2) is 30.4 Å². The van der Waals surface area contributed by atoms with Crippen LogP contribution in [0.1, 0.15) is 12.1 Å². The fraction of sp³-hybridized carbons (Fsp3) is 0.143. The van der Waals surface area contributed by atoms with Crippen LogP contribution in [0.3, 0.4) is 0 Å². The second kappa shape index (κ2) is 5.08. The van der Waals surface area contributed by atoms with Crippen molar-refractivity contribution in [2.24, 2.45) is 0 Å². The Morgan fingerprint density at radius 2 is 2.15 bits per heavy atom. The first kappa shape index (κ1) is 12.3. The lowest BCUT2D eigenvalue weighted by Gasteiger charge is -1.99. The molecule has 0 atom stereocenters. The number of aliphatic carboxylic acids is 1. The molecule has 0 radical (unpaired) electrons. The predicted molar refractivity (Wildman–Crippen MR) is 72.2 cm³/mol. The molecule has 0 amide bonds. The number of hydrogen-bond acceptors (Lipinski definition) is 4. The van der Waals surface area contributed by atoms with Crippen molar-refractivity contribution in [3.63, 3.8) is 0 Å². The van der Waals surface area contributed by atoms with Gasteiger partial charge in [0, 0.05) is 24.9 Å². The maximum Gasteiger partial charge on any atom is 0.303 e. The Morgan fingerprint density at radius 1 is 1.25 bits per heavy atom. The van der Waals surface area contributed by atoms with Crippen LogP contribution >= 0.6 is 0 Å². The number of carboxylic acids is 1. The van der Waals surface area contributed by atoms with Crippen molar-refractivity contribution in [1.82, 2.24) is 19.4 Å². The Bertz CT molecular complexity index is 752. The van der Waals surface area contributed by atoms with E-state index >= 15 is 0 Å². The first-order valence-corrected chi connectivity index (χ1v) is 6.19. The van der Waals surface area contributed by atoms with E-state index < -0.39 is 5.97 Å². The highest BCUT2D eigenvalue weighted by atomic mass is 16.4. The minimum Gasteiger partial charge on any atom is -0.481 e. The second-order valence-electron chi connectivity index (χ2n) is 4.38. The zero-order valence-corrected chi connectivity index (χ0v) is 10.6. The minimum absolute atomic E-state index is 0.0738. The van der Waals surface area contributed by atoms with Crippen molar-refractivity contribution in [2.75, 3.05) is 0 Å². The third-order valence-corrected chi connectivity index (χ3v) is 2.92. The predicted octanol–water partition coefficient (Wildman–Crippen LogP) is 1.81. The topological polar surface area (TPSA) is 80.4 Å². The van der Waals surface area contributed by atoms with Crippen LogP contribution in [0.25, 0.3) is 17.0 Å². The number of carboxylic acid groups (broad SMARTS) is 1. The van der Waals surface area contributed by atoms with Crippen LogP contribution in [0.2, 0.25) is 0 Å². The van der Waals surface area contributed by atoms with E-state index in [0.29, 0.717) is 6.42 Å². The van der Waals surface area contributed by atoms with Crippen LogP contribution in [0, 0.1) is 0 Å². The number of aryl methyl sites for hydroxylation is 1. The zero-order valence-electron chi connectivity index (χ0n) is 10.6. The molecule has 0 saturated carbocycles. The van der Waals surface area contributed by atoms with E-state index in [0.717, 1.165) is 22.7 Å². The molecule has 3 aromatic heterocycles. The van der Waals surface area contributed by atoms with Gasteiger partial charge in [-0.25, -0.2) is 9.97 Å². The molecule has 20 heavy (non-hydrogen) atoms. The number of carbonyl (C=O) groups is 1. The normalized spacial score (nSPS) is 10.8. The van der Waals surface area contributed by atoms with Gasteiger partial charge in [0.15, 0.2) is 0 Å². The molecule has 100 valence electrons. The van der Waals surface area contributed by atoms with E-state index in [1.807, 2.05) is 24.3 Å². The number of nitrogens with zero attached hydrogens (tertiary/aromatic N) is 4. The molecule has 1 N–H and O–H groups in total. The van der Waals surface area contributed by atoms with E-state index in [4.69, 9.17) is 5.11 Å². The first-order valence-electron chi connectivity index (χ1n) is 6.19. The molecule has 3 rings (SSSR count). The van der Waals surface area contributed by atoms with Gasteiger partial charge in [0.1, 0.15) is 12.0 Å². The number of imidazole rings is 1. The monoisotopic (exact) mass is 268 g/mol. The summed E-state index contributed by atoms with van der Waals surface area (Å²) in [6.07, 6.45) is 5.66. The number of aromatic nitrogens is 4. The van der Waals surface area contributed by atoms with Crippen LogP contribution < -0.4 is 0 Å². The van der Waals surface area contributed by atoms with Gasteiger partial charge in [0.05, 0.1) is 23.5 Å². The molecule has 0 unspecified atom stereocenters. The van der Waals surface area contributed by atoms with Crippen molar-refractivity contribution in [1.29, 1.82) is 0 Å². The zero-order chi connectivity index (χ0) is 13.9. The molecule has 6 nitrogen and oxygen atoms in total. The van der Waals surface area contributed by atoms with E-state index in [2.05, 4.69) is 15.0 Å². The molecule has 0 aliphatic rings. The Hall–Kier alpha value is -2.76. The summed E-state index contributed by atoms with van der Waals surface area (Å²) >= 11 is 0. The summed E-state index contributed by atoms with van der Waals surface area (Å²) in [5, 5.41) is 8.69. The second-order valence-corrected chi connectivity index (χ2v) is 4.38.